The topological polar surface area (TPSA) is 52.0 Å². The Hall–Kier alpha value is -2.73. The minimum absolute atomic E-state index is 0.148. The van der Waals surface area contributed by atoms with E-state index >= 15 is 0 Å². The molecule has 0 radical (unpaired) electrons. The first-order valence-electron chi connectivity index (χ1n) is 7.91. The van der Waals surface area contributed by atoms with Crippen LogP contribution in [-0.2, 0) is 4.74 Å². The van der Waals surface area contributed by atoms with Crippen LogP contribution in [0.15, 0.2) is 54.9 Å². The van der Waals surface area contributed by atoms with E-state index in [0.717, 1.165) is 12.1 Å². The van der Waals surface area contributed by atoms with E-state index in [2.05, 4.69) is 15.4 Å². The summed E-state index contributed by atoms with van der Waals surface area (Å²) in [6, 6.07) is 14.8. The van der Waals surface area contributed by atoms with E-state index in [0.29, 0.717) is 30.4 Å². The van der Waals surface area contributed by atoms with Crippen molar-refractivity contribution in [2.24, 2.45) is 0 Å². The van der Waals surface area contributed by atoms with Gasteiger partial charge in [0, 0.05) is 18.2 Å². The van der Waals surface area contributed by atoms with Crippen molar-refractivity contribution < 1.29 is 9.13 Å². The van der Waals surface area contributed by atoms with Gasteiger partial charge in [-0.2, -0.15) is 4.98 Å². The molecule has 1 aliphatic rings. The summed E-state index contributed by atoms with van der Waals surface area (Å²) < 4.78 is 21.3. The van der Waals surface area contributed by atoms with Crippen molar-refractivity contribution in [2.45, 2.75) is 12.3 Å². The summed E-state index contributed by atoms with van der Waals surface area (Å²) in [7, 11) is 0. The van der Waals surface area contributed by atoms with Gasteiger partial charge in [0.2, 0.25) is 5.95 Å². The van der Waals surface area contributed by atoms with Gasteiger partial charge in [-0.1, -0.05) is 24.3 Å². The quantitative estimate of drug-likeness (QED) is 0.796. The largest absolute Gasteiger partial charge is 0.381 e. The molecule has 0 spiro atoms. The third kappa shape index (κ3) is 3.00. The Morgan fingerprint density at radius 2 is 2.04 bits per heavy atom. The maximum atomic E-state index is 14.3. The Balaban J connectivity index is 1.51. The van der Waals surface area contributed by atoms with Crippen LogP contribution < -0.4 is 5.32 Å². The monoisotopic (exact) mass is 324 g/mol. The predicted octanol–water partition coefficient (Wildman–Crippen LogP) is 3.65. The molecule has 2 aromatic carbocycles. The highest BCUT2D eigenvalue weighted by atomic mass is 19.1. The van der Waals surface area contributed by atoms with Crippen LogP contribution in [0.25, 0.3) is 5.69 Å². The fraction of sp³-hybridized carbons (Fsp3) is 0.222. The molecule has 5 nitrogen and oxygen atoms in total. The summed E-state index contributed by atoms with van der Waals surface area (Å²) in [5.74, 6) is 0.350. The van der Waals surface area contributed by atoms with Gasteiger partial charge in [-0.15, -0.1) is 5.10 Å². The molecule has 122 valence electrons. The molecule has 0 amide bonds. The molecular weight excluding hydrogens is 307 g/mol. The smallest absolute Gasteiger partial charge is 0.246 e. The van der Waals surface area contributed by atoms with E-state index in [9.17, 15) is 4.39 Å². The van der Waals surface area contributed by atoms with E-state index in [1.165, 1.54) is 6.07 Å². The molecule has 6 heteroatoms. The summed E-state index contributed by atoms with van der Waals surface area (Å²) in [6.45, 7) is 1.29. The average molecular weight is 324 g/mol. The first-order valence-corrected chi connectivity index (χ1v) is 7.91. The molecule has 0 saturated carbocycles. The van der Waals surface area contributed by atoms with Crippen LogP contribution in [0.2, 0.25) is 0 Å². The van der Waals surface area contributed by atoms with Crippen LogP contribution >= 0.6 is 0 Å². The first-order chi connectivity index (χ1) is 11.8. The van der Waals surface area contributed by atoms with E-state index in [1.807, 2.05) is 42.5 Å². The van der Waals surface area contributed by atoms with Gasteiger partial charge in [-0.05, 0) is 36.2 Å². The minimum Gasteiger partial charge on any atom is -0.381 e. The third-order valence-corrected chi connectivity index (χ3v) is 4.14. The number of nitrogens with zero attached hydrogens (tertiary/aromatic N) is 3. The Bertz CT molecular complexity index is 828. The summed E-state index contributed by atoms with van der Waals surface area (Å²) in [4.78, 5) is 4.22. The minimum atomic E-state index is -0.224. The van der Waals surface area contributed by atoms with Crippen molar-refractivity contribution in [2.75, 3.05) is 18.5 Å². The van der Waals surface area contributed by atoms with Crippen LogP contribution in [0.1, 0.15) is 17.9 Å². The van der Waals surface area contributed by atoms with Gasteiger partial charge in [0.15, 0.2) is 0 Å². The Morgan fingerprint density at radius 3 is 2.79 bits per heavy atom. The van der Waals surface area contributed by atoms with Gasteiger partial charge < -0.3 is 10.1 Å². The van der Waals surface area contributed by atoms with Gasteiger partial charge in [-0.25, -0.2) is 9.07 Å². The zero-order valence-corrected chi connectivity index (χ0v) is 13.0. The lowest BCUT2D eigenvalue weighted by Gasteiger charge is -2.11. The summed E-state index contributed by atoms with van der Waals surface area (Å²) in [6.07, 6.45) is 2.49. The van der Waals surface area contributed by atoms with E-state index in [-0.39, 0.29) is 11.7 Å². The molecule has 2 heterocycles. The molecule has 1 N–H and O–H groups in total. The molecule has 1 fully saturated rings. The zero-order valence-electron chi connectivity index (χ0n) is 13.0. The number of aromatic nitrogens is 3. The number of rotatable bonds is 4. The van der Waals surface area contributed by atoms with Gasteiger partial charge >= 0.3 is 0 Å². The van der Waals surface area contributed by atoms with Crippen molar-refractivity contribution in [3.63, 3.8) is 0 Å². The highest BCUT2D eigenvalue weighted by Gasteiger charge is 2.21. The molecule has 24 heavy (non-hydrogen) atoms. The lowest BCUT2D eigenvalue weighted by atomic mass is 9.98. The molecule has 1 unspecified atom stereocenters. The fourth-order valence-electron chi connectivity index (χ4n) is 2.87. The predicted molar refractivity (Wildman–Crippen MR) is 89.2 cm³/mol. The summed E-state index contributed by atoms with van der Waals surface area (Å²) in [5, 5.41) is 7.40. The highest BCUT2D eigenvalue weighted by Crippen LogP contribution is 2.29. The van der Waals surface area contributed by atoms with Crippen LogP contribution in [0.3, 0.4) is 0 Å². The lowest BCUT2D eigenvalue weighted by Crippen LogP contribution is -2.02. The van der Waals surface area contributed by atoms with Crippen LogP contribution in [0.4, 0.5) is 16.0 Å². The standard InChI is InChI=1S/C18H17FN4O/c19-17-10-14(6-7-16(17)13-8-9-24-11-13)21-18-20-12-23(22-18)15-4-2-1-3-5-15/h1-7,10,12-13H,8-9,11H2,(H,21,22). The van der Waals surface area contributed by atoms with Crippen LogP contribution in [-0.4, -0.2) is 28.0 Å². The van der Waals surface area contributed by atoms with Crippen molar-refractivity contribution in [3.8, 4) is 5.69 Å². The van der Waals surface area contributed by atoms with Crippen molar-refractivity contribution in [1.29, 1.82) is 0 Å². The number of benzene rings is 2. The maximum absolute atomic E-state index is 14.3. The second kappa shape index (κ2) is 6.41. The molecule has 1 atom stereocenters. The Morgan fingerprint density at radius 1 is 1.17 bits per heavy atom. The molecule has 1 saturated heterocycles. The second-order valence-corrected chi connectivity index (χ2v) is 5.77. The number of ether oxygens (including phenoxy) is 1. The summed E-state index contributed by atoms with van der Waals surface area (Å²) in [5.41, 5.74) is 2.25. The van der Waals surface area contributed by atoms with Crippen molar-refractivity contribution in [1.82, 2.24) is 14.8 Å². The van der Waals surface area contributed by atoms with E-state index < -0.39 is 0 Å². The maximum Gasteiger partial charge on any atom is 0.246 e. The van der Waals surface area contributed by atoms with Gasteiger partial charge in [0.05, 0.1) is 12.3 Å². The van der Waals surface area contributed by atoms with Gasteiger partial charge in [0.25, 0.3) is 0 Å². The van der Waals surface area contributed by atoms with Gasteiger partial charge in [0.1, 0.15) is 12.1 Å². The van der Waals surface area contributed by atoms with Crippen LogP contribution in [0, 0.1) is 5.82 Å². The molecule has 4 rings (SSSR count). The molecule has 0 aliphatic carbocycles. The molecule has 0 bridgehead atoms. The lowest BCUT2D eigenvalue weighted by molar-refractivity contribution is 0.193. The highest BCUT2D eigenvalue weighted by molar-refractivity contribution is 5.54. The number of para-hydroxylation sites is 1. The number of hydrogen-bond donors (Lipinski definition) is 1. The molecule has 3 aromatic rings. The van der Waals surface area contributed by atoms with Crippen molar-refractivity contribution >= 4 is 11.6 Å². The van der Waals surface area contributed by atoms with Crippen molar-refractivity contribution in [3.05, 3.63) is 66.2 Å². The normalized spacial score (nSPS) is 17.1. The second-order valence-electron chi connectivity index (χ2n) is 5.77. The number of nitrogens with one attached hydrogen (secondary N) is 1. The Labute approximate surface area is 139 Å². The average Bonchev–Trinajstić information content (AvgIpc) is 3.28. The zero-order chi connectivity index (χ0) is 16.4. The van der Waals surface area contributed by atoms with Gasteiger partial charge in [-0.3, -0.25) is 0 Å². The number of anilines is 2. The number of hydrogen-bond acceptors (Lipinski definition) is 4. The number of halogens is 1. The fourth-order valence-corrected chi connectivity index (χ4v) is 2.87. The first kappa shape index (κ1) is 14.8. The SMILES string of the molecule is Fc1cc(Nc2ncn(-c3ccccc3)n2)ccc1C1CCOC1. The summed E-state index contributed by atoms with van der Waals surface area (Å²) >= 11 is 0. The Kier molecular flexibility index (Phi) is 3.96. The third-order valence-electron chi connectivity index (χ3n) is 4.14. The van der Waals surface area contributed by atoms with Crippen LogP contribution in [0.5, 0.6) is 0 Å². The van der Waals surface area contributed by atoms with E-state index in [4.69, 9.17) is 4.74 Å². The van der Waals surface area contributed by atoms with E-state index in [1.54, 1.807) is 11.0 Å². The molecule has 1 aromatic heterocycles. The molecular formula is C18H17FN4O. The molecule has 1 aliphatic heterocycles.